The lowest BCUT2D eigenvalue weighted by Gasteiger charge is -2.27. The number of aliphatic hydroxyl groups is 1. The van der Waals surface area contributed by atoms with Gasteiger partial charge in [-0.25, -0.2) is 4.79 Å². The van der Waals surface area contributed by atoms with Crippen LogP contribution in [0.3, 0.4) is 0 Å². The van der Waals surface area contributed by atoms with Gasteiger partial charge in [0.1, 0.15) is 0 Å². The summed E-state index contributed by atoms with van der Waals surface area (Å²) in [6.45, 7) is 4.72. The lowest BCUT2D eigenvalue weighted by atomic mass is 10.2. The van der Waals surface area contributed by atoms with E-state index in [0.29, 0.717) is 6.54 Å². The zero-order valence-corrected chi connectivity index (χ0v) is 13.4. The Bertz CT molecular complexity index is 415. The second-order valence-electron chi connectivity index (χ2n) is 5.42. The number of hydrogen-bond acceptors (Lipinski definition) is 4. The van der Waals surface area contributed by atoms with Gasteiger partial charge < -0.3 is 15.7 Å². The standard InChI is InChI=1S/C15H25N3O2S/c1-2-12(11-19)17-15(20)16-10-13(14-6-5-9-21-14)18-7-3-4-8-18/h5-6,9,12-13,19H,2-4,7-8,10-11H2,1H3,(H2,16,17,20). The number of nitrogens with zero attached hydrogens (tertiary/aromatic N) is 1. The number of urea groups is 1. The van der Waals surface area contributed by atoms with E-state index in [1.54, 1.807) is 11.3 Å². The predicted octanol–water partition coefficient (Wildman–Crippen LogP) is 1.96. The Morgan fingerprint density at radius 3 is 2.81 bits per heavy atom. The van der Waals surface area contributed by atoms with Gasteiger partial charge in [-0.05, 0) is 43.8 Å². The number of amides is 2. The van der Waals surface area contributed by atoms with Crippen molar-refractivity contribution in [2.75, 3.05) is 26.2 Å². The summed E-state index contributed by atoms with van der Waals surface area (Å²) in [5.74, 6) is 0. The Morgan fingerprint density at radius 1 is 1.48 bits per heavy atom. The van der Waals surface area contributed by atoms with Gasteiger partial charge in [0, 0.05) is 11.4 Å². The van der Waals surface area contributed by atoms with Gasteiger partial charge in [-0.1, -0.05) is 13.0 Å². The van der Waals surface area contributed by atoms with Crippen molar-refractivity contribution in [1.82, 2.24) is 15.5 Å². The Kier molecular flexibility index (Phi) is 6.48. The summed E-state index contributed by atoms with van der Waals surface area (Å²) in [5.41, 5.74) is 0. The Balaban J connectivity index is 1.88. The lowest BCUT2D eigenvalue weighted by molar-refractivity contribution is 0.206. The zero-order chi connectivity index (χ0) is 15.1. The molecule has 0 spiro atoms. The highest BCUT2D eigenvalue weighted by Gasteiger charge is 2.24. The molecule has 6 heteroatoms. The van der Waals surface area contributed by atoms with Crippen molar-refractivity contribution >= 4 is 17.4 Å². The second kappa shape index (κ2) is 8.36. The molecule has 0 saturated carbocycles. The van der Waals surface area contributed by atoms with Gasteiger partial charge in [0.05, 0.1) is 18.7 Å². The average molecular weight is 311 g/mol. The van der Waals surface area contributed by atoms with E-state index in [9.17, 15) is 4.79 Å². The van der Waals surface area contributed by atoms with Crippen molar-refractivity contribution in [3.8, 4) is 0 Å². The number of carbonyl (C=O) groups excluding carboxylic acids is 1. The average Bonchev–Trinajstić information content (AvgIpc) is 3.18. The van der Waals surface area contributed by atoms with Gasteiger partial charge in [-0.15, -0.1) is 11.3 Å². The first-order valence-corrected chi connectivity index (χ1v) is 8.55. The van der Waals surface area contributed by atoms with Crippen molar-refractivity contribution in [2.24, 2.45) is 0 Å². The third kappa shape index (κ3) is 4.69. The van der Waals surface area contributed by atoms with Gasteiger partial charge in [0.15, 0.2) is 0 Å². The van der Waals surface area contributed by atoms with E-state index in [4.69, 9.17) is 5.11 Å². The van der Waals surface area contributed by atoms with Gasteiger partial charge in [-0.3, -0.25) is 4.90 Å². The maximum Gasteiger partial charge on any atom is 0.315 e. The molecular formula is C15H25N3O2S. The Hall–Kier alpha value is -1.11. The Morgan fingerprint density at radius 2 is 2.24 bits per heavy atom. The minimum absolute atomic E-state index is 0.0234. The maximum absolute atomic E-state index is 11.9. The largest absolute Gasteiger partial charge is 0.394 e. The van der Waals surface area contributed by atoms with E-state index in [1.807, 2.05) is 6.92 Å². The fourth-order valence-electron chi connectivity index (χ4n) is 2.65. The summed E-state index contributed by atoms with van der Waals surface area (Å²) in [6.07, 6.45) is 3.19. The van der Waals surface area contributed by atoms with Crippen molar-refractivity contribution in [1.29, 1.82) is 0 Å². The molecule has 5 nitrogen and oxygen atoms in total. The third-order valence-corrected chi connectivity index (χ3v) is 4.93. The quantitative estimate of drug-likeness (QED) is 0.721. The van der Waals surface area contributed by atoms with E-state index >= 15 is 0 Å². The molecule has 1 aliphatic heterocycles. The number of carbonyl (C=O) groups is 1. The molecule has 21 heavy (non-hydrogen) atoms. The Labute approximate surface area is 130 Å². The molecule has 1 saturated heterocycles. The predicted molar refractivity (Wildman–Crippen MR) is 85.6 cm³/mol. The molecule has 0 radical (unpaired) electrons. The fraction of sp³-hybridized carbons (Fsp3) is 0.667. The first-order chi connectivity index (χ1) is 10.2. The first-order valence-electron chi connectivity index (χ1n) is 7.67. The summed E-state index contributed by atoms with van der Waals surface area (Å²) >= 11 is 1.74. The summed E-state index contributed by atoms with van der Waals surface area (Å²) in [4.78, 5) is 15.6. The van der Waals surface area contributed by atoms with Crippen LogP contribution in [0.2, 0.25) is 0 Å². The van der Waals surface area contributed by atoms with E-state index in [2.05, 4.69) is 33.0 Å². The molecule has 1 aliphatic rings. The number of likely N-dealkylation sites (tertiary alicyclic amines) is 1. The van der Waals surface area contributed by atoms with Gasteiger partial charge >= 0.3 is 6.03 Å². The van der Waals surface area contributed by atoms with Crippen molar-refractivity contribution in [2.45, 2.75) is 38.3 Å². The van der Waals surface area contributed by atoms with Crippen LogP contribution in [-0.4, -0.2) is 48.3 Å². The molecule has 0 bridgehead atoms. The molecule has 1 aromatic rings. The van der Waals surface area contributed by atoms with Crippen LogP contribution in [0.4, 0.5) is 4.79 Å². The molecule has 1 aromatic heterocycles. The minimum Gasteiger partial charge on any atom is -0.394 e. The lowest BCUT2D eigenvalue weighted by Crippen LogP contribution is -2.46. The highest BCUT2D eigenvalue weighted by molar-refractivity contribution is 7.10. The van der Waals surface area contributed by atoms with Gasteiger partial charge in [0.25, 0.3) is 0 Å². The smallest absolute Gasteiger partial charge is 0.315 e. The second-order valence-corrected chi connectivity index (χ2v) is 6.40. The number of aliphatic hydroxyl groups excluding tert-OH is 1. The molecule has 0 aromatic carbocycles. The van der Waals surface area contributed by atoms with Crippen LogP contribution in [0.25, 0.3) is 0 Å². The number of thiophene rings is 1. The monoisotopic (exact) mass is 311 g/mol. The normalized spacial score (nSPS) is 18.4. The molecule has 2 heterocycles. The summed E-state index contributed by atoms with van der Waals surface area (Å²) in [6, 6.07) is 4.08. The van der Waals surface area contributed by atoms with Crippen LogP contribution < -0.4 is 10.6 Å². The van der Waals surface area contributed by atoms with Crippen LogP contribution in [0.5, 0.6) is 0 Å². The molecule has 118 valence electrons. The molecule has 2 unspecified atom stereocenters. The highest BCUT2D eigenvalue weighted by Crippen LogP contribution is 2.27. The summed E-state index contributed by atoms with van der Waals surface area (Å²) in [7, 11) is 0. The molecule has 0 aliphatic carbocycles. The van der Waals surface area contributed by atoms with E-state index in [-0.39, 0.29) is 24.7 Å². The van der Waals surface area contributed by atoms with Crippen LogP contribution in [0.15, 0.2) is 17.5 Å². The fourth-order valence-corrected chi connectivity index (χ4v) is 3.51. The maximum atomic E-state index is 11.9. The number of rotatable bonds is 7. The van der Waals surface area contributed by atoms with E-state index in [1.165, 1.54) is 17.7 Å². The van der Waals surface area contributed by atoms with Crippen LogP contribution in [0.1, 0.15) is 37.1 Å². The highest BCUT2D eigenvalue weighted by atomic mass is 32.1. The van der Waals surface area contributed by atoms with Gasteiger partial charge in [-0.2, -0.15) is 0 Å². The summed E-state index contributed by atoms with van der Waals surface area (Å²) < 4.78 is 0. The zero-order valence-electron chi connectivity index (χ0n) is 12.5. The molecule has 2 amide bonds. The molecule has 2 atom stereocenters. The van der Waals surface area contributed by atoms with Crippen molar-refractivity contribution in [3.05, 3.63) is 22.4 Å². The molecular weight excluding hydrogens is 286 g/mol. The topological polar surface area (TPSA) is 64.6 Å². The summed E-state index contributed by atoms with van der Waals surface area (Å²) in [5, 5.41) is 17.0. The van der Waals surface area contributed by atoms with Crippen LogP contribution in [-0.2, 0) is 0 Å². The van der Waals surface area contributed by atoms with Crippen molar-refractivity contribution < 1.29 is 9.90 Å². The minimum atomic E-state index is -0.198. The van der Waals surface area contributed by atoms with Crippen LogP contribution in [0, 0.1) is 0 Å². The van der Waals surface area contributed by atoms with E-state index in [0.717, 1.165) is 19.5 Å². The van der Waals surface area contributed by atoms with Crippen LogP contribution >= 0.6 is 11.3 Å². The first kappa shape index (κ1) is 16.3. The molecule has 2 rings (SSSR count). The third-order valence-electron chi connectivity index (χ3n) is 3.96. The van der Waals surface area contributed by atoms with Gasteiger partial charge in [0.2, 0.25) is 0 Å². The number of nitrogens with one attached hydrogen (secondary N) is 2. The molecule has 1 fully saturated rings. The SMILES string of the molecule is CCC(CO)NC(=O)NCC(c1cccs1)N1CCCC1. The molecule has 3 N–H and O–H groups in total. The van der Waals surface area contributed by atoms with Crippen molar-refractivity contribution in [3.63, 3.8) is 0 Å². The number of hydrogen-bond donors (Lipinski definition) is 3. The van der Waals surface area contributed by atoms with E-state index < -0.39 is 0 Å².